The number of methoxy groups -OCH3 is 2. The summed E-state index contributed by atoms with van der Waals surface area (Å²) in [7, 11) is 3.07. The number of allylic oxidation sites excluding steroid dienone is 1. The molecule has 0 radical (unpaired) electrons. The second-order valence-corrected chi connectivity index (χ2v) is 9.67. The first-order chi connectivity index (χ1) is 17.8. The van der Waals surface area contributed by atoms with Gasteiger partial charge in [0.2, 0.25) is 0 Å². The maximum absolute atomic E-state index is 13.9. The van der Waals surface area contributed by atoms with Crippen LogP contribution < -0.4 is 24.4 Å². The molecule has 10 heteroatoms. The number of rotatable bonds is 8. The summed E-state index contributed by atoms with van der Waals surface area (Å²) in [6, 6.07) is 8.96. The van der Waals surface area contributed by atoms with Gasteiger partial charge in [0.05, 0.1) is 36.6 Å². The van der Waals surface area contributed by atoms with Crippen molar-refractivity contribution in [3.63, 3.8) is 0 Å². The molecule has 4 rings (SSSR count). The molecule has 0 saturated heterocycles. The molecule has 0 saturated carbocycles. The fraction of sp³-hybridized carbons (Fsp3) is 0.296. The summed E-state index contributed by atoms with van der Waals surface area (Å²) >= 11 is 7.28. The number of aromatic hydroxyl groups is 1. The minimum atomic E-state index is -0.864. The number of thiazole rings is 1. The zero-order chi connectivity index (χ0) is 26.7. The second kappa shape index (κ2) is 11.2. The fourth-order valence-corrected chi connectivity index (χ4v) is 5.44. The van der Waals surface area contributed by atoms with E-state index in [1.807, 2.05) is 6.92 Å². The zero-order valence-electron chi connectivity index (χ0n) is 20.9. The van der Waals surface area contributed by atoms with Crippen molar-refractivity contribution in [1.82, 2.24) is 4.57 Å². The highest BCUT2D eigenvalue weighted by atomic mass is 35.5. The van der Waals surface area contributed by atoms with Crippen molar-refractivity contribution >= 4 is 35.0 Å². The van der Waals surface area contributed by atoms with Gasteiger partial charge in [0.1, 0.15) is 23.3 Å². The third-order valence-electron chi connectivity index (χ3n) is 5.90. The lowest BCUT2D eigenvalue weighted by Crippen LogP contribution is -2.40. The first-order valence-corrected chi connectivity index (χ1v) is 12.9. The van der Waals surface area contributed by atoms with E-state index in [1.165, 1.54) is 29.1 Å². The molecule has 3 aromatic rings. The van der Waals surface area contributed by atoms with Crippen LogP contribution in [0.1, 0.15) is 43.9 Å². The molecule has 0 aliphatic carbocycles. The quantitative estimate of drug-likeness (QED) is 0.433. The van der Waals surface area contributed by atoms with E-state index in [4.69, 9.17) is 30.8 Å². The molecule has 0 spiro atoms. The number of phenolic OH excluding ortho intramolecular Hbond substituents is 1. The number of carbonyl (C=O) groups is 1. The van der Waals surface area contributed by atoms with Crippen LogP contribution >= 0.6 is 22.9 Å². The SMILES string of the molecule is CCCC1=C(C(=O)OCC)[C@H](c2cc(OC)ccc2OC)n2c(s/c(=C\c3cc(Cl)ccc3O)c2=O)=N1. The van der Waals surface area contributed by atoms with Crippen LogP contribution in [0.5, 0.6) is 17.2 Å². The Morgan fingerprint density at radius 2 is 1.97 bits per heavy atom. The molecule has 0 unspecified atom stereocenters. The summed E-state index contributed by atoms with van der Waals surface area (Å²) in [5.74, 6) is 0.456. The number of halogens is 1. The van der Waals surface area contributed by atoms with Crippen LogP contribution in [0, 0.1) is 0 Å². The van der Waals surface area contributed by atoms with E-state index < -0.39 is 12.0 Å². The van der Waals surface area contributed by atoms with E-state index in [9.17, 15) is 14.7 Å². The summed E-state index contributed by atoms with van der Waals surface area (Å²) in [6.07, 6.45) is 2.81. The van der Waals surface area contributed by atoms with Crippen molar-refractivity contribution in [3.8, 4) is 17.2 Å². The van der Waals surface area contributed by atoms with E-state index >= 15 is 0 Å². The molecule has 2 heterocycles. The maximum Gasteiger partial charge on any atom is 0.338 e. The first-order valence-electron chi connectivity index (χ1n) is 11.7. The summed E-state index contributed by atoms with van der Waals surface area (Å²) in [5.41, 5.74) is 1.41. The average Bonchev–Trinajstić information content (AvgIpc) is 3.19. The molecule has 1 aromatic heterocycles. The number of carbonyl (C=O) groups excluding carboxylic acids is 1. The van der Waals surface area contributed by atoms with E-state index in [0.717, 1.165) is 6.42 Å². The van der Waals surface area contributed by atoms with Gasteiger partial charge in [-0.15, -0.1) is 0 Å². The third-order valence-corrected chi connectivity index (χ3v) is 7.12. The van der Waals surface area contributed by atoms with Gasteiger partial charge < -0.3 is 19.3 Å². The predicted molar refractivity (Wildman–Crippen MR) is 142 cm³/mol. The first kappa shape index (κ1) is 26.5. The van der Waals surface area contributed by atoms with Gasteiger partial charge in [-0.3, -0.25) is 9.36 Å². The van der Waals surface area contributed by atoms with Gasteiger partial charge in [0.15, 0.2) is 4.80 Å². The van der Waals surface area contributed by atoms with E-state index in [0.29, 0.717) is 49.1 Å². The summed E-state index contributed by atoms with van der Waals surface area (Å²) in [5, 5.41) is 10.7. The monoisotopic (exact) mass is 542 g/mol. The van der Waals surface area contributed by atoms with Crippen LogP contribution in [0.25, 0.3) is 6.08 Å². The molecule has 1 aliphatic rings. The number of aromatic nitrogens is 1. The highest BCUT2D eigenvalue weighted by Gasteiger charge is 2.36. The normalized spacial score (nSPS) is 15.3. The van der Waals surface area contributed by atoms with Crippen LogP contribution in [-0.4, -0.2) is 36.5 Å². The number of hydrogen-bond donors (Lipinski definition) is 1. The summed E-state index contributed by atoms with van der Waals surface area (Å²) in [6.45, 7) is 3.89. The number of nitrogens with zero attached hydrogens (tertiary/aromatic N) is 2. The third kappa shape index (κ3) is 5.14. The van der Waals surface area contributed by atoms with Gasteiger partial charge in [-0.1, -0.05) is 36.3 Å². The van der Waals surface area contributed by atoms with Crippen molar-refractivity contribution in [2.24, 2.45) is 4.99 Å². The fourth-order valence-electron chi connectivity index (χ4n) is 4.25. The summed E-state index contributed by atoms with van der Waals surface area (Å²) in [4.78, 5) is 32.4. The van der Waals surface area contributed by atoms with Crippen molar-refractivity contribution in [2.75, 3.05) is 20.8 Å². The molecule has 1 aliphatic heterocycles. The number of benzene rings is 2. The van der Waals surface area contributed by atoms with Crippen molar-refractivity contribution in [1.29, 1.82) is 0 Å². The van der Waals surface area contributed by atoms with Crippen molar-refractivity contribution in [2.45, 2.75) is 32.7 Å². The molecule has 0 amide bonds. The predicted octanol–water partition coefficient (Wildman–Crippen LogP) is 3.95. The molecular weight excluding hydrogens is 516 g/mol. The molecule has 1 N–H and O–H groups in total. The Balaban J connectivity index is 2.07. The van der Waals surface area contributed by atoms with Crippen molar-refractivity contribution < 1.29 is 24.1 Å². The van der Waals surface area contributed by atoms with Gasteiger partial charge in [-0.2, -0.15) is 0 Å². The highest BCUT2D eigenvalue weighted by molar-refractivity contribution is 7.07. The molecule has 2 aromatic carbocycles. The molecule has 0 fully saturated rings. The van der Waals surface area contributed by atoms with E-state index in [-0.39, 0.29) is 23.5 Å². The smallest absolute Gasteiger partial charge is 0.338 e. The molecular formula is C27H27ClN2O6S. The highest BCUT2D eigenvalue weighted by Crippen LogP contribution is 2.38. The zero-order valence-corrected chi connectivity index (χ0v) is 22.5. The Morgan fingerprint density at radius 1 is 1.19 bits per heavy atom. The van der Waals surface area contributed by atoms with Gasteiger partial charge in [0, 0.05) is 16.1 Å². The Morgan fingerprint density at radius 3 is 2.65 bits per heavy atom. The largest absolute Gasteiger partial charge is 0.507 e. The average molecular weight is 543 g/mol. The lowest BCUT2D eigenvalue weighted by Gasteiger charge is -2.27. The van der Waals surface area contributed by atoms with Gasteiger partial charge in [-0.25, -0.2) is 9.79 Å². The number of ether oxygens (including phenoxy) is 3. The van der Waals surface area contributed by atoms with Crippen LogP contribution in [0.4, 0.5) is 0 Å². The van der Waals surface area contributed by atoms with Crippen molar-refractivity contribution in [3.05, 3.63) is 83.5 Å². The molecule has 0 bridgehead atoms. The minimum Gasteiger partial charge on any atom is -0.507 e. The van der Waals surface area contributed by atoms with Gasteiger partial charge in [0.25, 0.3) is 5.56 Å². The minimum absolute atomic E-state index is 0.0138. The van der Waals surface area contributed by atoms with Crippen LogP contribution in [0.3, 0.4) is 0 Å². The Bertz CT molecular complexity index is 1560. The number of esters is 1. The second-order valence-electron chi connectivity index (χ2n) is 8.22. The number of phenols is 1. The lowest BCUT2D eigenvalue weighted by atomic mass is 9.93. The topological polar surface area (TPSA) is 99.4 Å². The number of hydrogen-bond acceptors (Lipinski definition) is 8. The lowest BCUT2D eigenvalue weighted by molar-refractivity contribution is -0.139. The molecule has 8 nitrogen and oxygen atoms in total. The van der Waals surface area contributed by atoms with E-state index in [2.05, 4.69) is 0 Å². The molecule has 37 heavy (non-hydrogen) atoms. The molecule has 194 valence electrons. The molecule has 1 atom stereocenters. The standard InChI is InChI=1S/C27H27ClN2O6S/c1-5-7-19-23(26(33)36-6-2)24(18-14-17(34-3)9-11-21(18)35-4)30-25(32)22(37-27(30)29-19)13-15-12-16(28)8-10-20(15)31/h8-14,24,31H,5-7H2,1-4H3/b22-13-/t24-/m0/s1. The Kier molecular flexibility index (Phi) is 8.04. The van der Waals surface area contributed by atoms with Crippen LogP contribution in [0.2, 0.25) is 5.02 Å². The van der Waals surface area contributed by atoms with Crippen LogP contribution in [-0.2, 0) is 9.53 Å². The Labute approximate surface area is 222 Å². The Hall–Kier alpha value is -3.56. The van der Waals surface area contributed by atoms with Gasteiger partial charge in [-0.05, 0) is 55.8 Å². The van der Waals surface area contributed by atoms with Crippen LogP contribution in [0.15, 0.2) is 57.5 Å². The van der Waals surface area contributed by atoms with Gasteiger partial charge >= 0.3 is 5.97 Å². The maximum atomic E-state index is 13.9. The summed E-state index contributed by atoms with van der Waals surface area (Å²) < 4.78 is 18.3. The van der Waals surface area contributed by atoms with E-state index in [1.54, 1.807) is 50.4 Å². The number of fused-ring (bicyclic) bond motifs is 1.